The molecule has 2 aromatic carbocycles. The Morgan fingerprint density at radius 3 is 2.32 bits per heavy atom. The first-order chi connectivity index (χ1) is 10.5. The van der Waals surface area contributed by atoms with E-state index in [0.29, 0.717) is 11.7 Å². The molecule has 0 aliphatic heterocycles. The number of ether oxygens (including phenoxy) is 1. The number of carboxylic acids is 1. The van der Waals surface area contributed by atoms with Gasteiger partial charge < -0.3 is 9.84 Å². The van der Waals surface area contributed by atoms with Gasteiger partial charge in [0, 0.05) is 0 Å². The molecule has 0 amide bonds. The second-order valence-corrected chi connectivity index (χ2v) is 5.85. The lowest BCUT2D eigenvalue weighted by atomic mass is 9.94. The van der Waals surface area contributed by atoms with Crippen LogP contribution in [0.1, 0.15) is 42.0 Å². The first-order valence-electron chi connectivity index (χ1n) is 7.48. The van der Waals surface area contributed by atoms with Gasteiger partial charge in [-0.05, 0) is 53.6 Å². The van der Waals surface area contributed by atoms with Crippen LogP contribution in [-0.4, -0.2) is 17.7 Å². The maximum absolute atomic E-state index is 10.5. The van der Waals surface area contributed by atoms with Crippen molar-refractivity contribution in [1.82, 2.24) is 0 Å². The Bertz CT molecular complexity index is 642. The smallest absolute Gasteiger partial charge is 0.341 e. The summed E-state index contributed by atoms with van der Waals surface area (Å²) in [6, 6.07) is 14.2. The third kappa shape index (κ3) is 4.35. The molecule has 0 bridgehead atoms. The molecule has 0 saturated carbocycles. The zero-order valence-corrected chi connectivity index (χ0v) is 13.3. The van der Waals surface area contributed by atoms with Crippen LogP contribution in [0.5, 0.6) is 5.75 Å². The van der Waals surface area contributed by atoms with Gasteiger partial charge in [-0.1, -0.05) is 44.2 Å². The third-order valence-electron chi connectivity index (χ3n) is 3.66. The van der Waals surface area contributed by atoms with Crippen LogP contribution in [0.2, 0.25) is 0 Å². The van der Waals surface area contributed by atoms with Crippen LogP contribution >= 0.6 is 0 Å². The number of aryl methyl sites for hydroxylation is 1. The van der Waals surface area contributed by atoms with Crippen molar-refractivity contribution in [2.24, 2.45) is 0 Å². The van der Waals surface area contributed by atoms with E-state index in [9.17, 15) is 4.79 Å². The topological polar surface area (TPSA) is 46.5 Å². The van der Waals surface area contributed by atoms with E-state index < -0.39 is 5.97 Å². The van der Waals surface area contributed by atoms with Crippen LogP contribution in [0.4, 0.5) is 0 Å². The van der Waals surface area contributed by atoms with Crippen LogP contribution < -0.4 is 4.74 Å². The lowest BCUT2D eigenvalue weighted by Crippen LogP contribution is -2.09. The fourth-order valence-electron chi connectivity index (χ4n) is 2.51. The number of carbonyl (C=O) groups is 1. The summed E-state index contributed by atoms with van der Waals surface area (Å²) in [5, 5.41) is 8.59. The minimum Gasteiger partial charge on any atom is -0.482 e. The zero-order chi connectivity index (χ0) is 16.1. The van der Waals surface area contributed by atoms with Gasteiger partial charge in [0.25, 0.3) is 0 Å². The summed E-state index contributed by atoms with van der Waals surface area (Å²) in [5.41, 5.74) is 5.19. The number of benzene rings is 2. The average Bonchev–Trinajstić information content (AvgIpc) is 2.48. The predicted molar refractivity (Wildman–Crippen MR) is 87.6 cm³/mol. The molecule has 0 spiro atoms. The summed E-state index contributed by atoms with van der Waals surface area (Å²) in [5.74, 6) is 0.134. The van der Waals surface area contributed by atoms with E-state index in [-0.39, 0.29) is 6.61 Å². The normalized spacial score (nSPS) is 10.7. The van der Waals surface area contributed by atoms with Gasteiger partial charge in [-0.25, -0.2) is 4.79 Å². The van der Waals surface area contributed by atoms with Crippen molar-refractivity contribution in [2.75, 3.05) is 6.61 Å². The Balaban J connectivity index is 2.07. The van der Waals surface area contributed by atoms with E-state index in [1.54, 1.807) is 0 Å². The summed E-state index contributed by atoms with van der Waals surface area (Å²) < 4.78 is 5.14. The van der Waals surface area contributed by atoms with Gasteiger partial charge in [0.2, 0.25) is 0 Å². The molecule has 2 rings (SSSR count). The third-order valence-corrected chi connectivity index (χ3v) is 3.66. The highest BCUT2D eigenvalue weighted by molar-refractivity contribution is 5.68. The number of aliphatic carboxylic acids is 1. The minimum absolute atomic E-state index is 0.310. The van der Waals surface area contributed by atoms with Crippen LogP contribution in [0, 0.1) is 6.92 Å². The Kier molecular flexibility index (Phi) is 5.21. The van der Waals surface area contributed by atoms with E-state index >= 15 is 0 Å². The molecule has 3 nitrogen and oxygen atoms in total. The van der Waals surface area contributed by atoms with Crippen molar-refractivity contribution in [1.29, 1.82) is 0 Å². The Labute approximate surface area is 131 Å². The first kappa shape index (κ1) is 16.1. The van der Waals surface area contributed by atoms with Crippen LogP contribution in [-0.2, 0) is 11.2 Å². The van der Waals surface area contributed by atoms with E-state index in [1.807, 2.05) is 24.3 Å². The highest BCUT2D eigenvalue weighted by Gasteiger charge is 2.06. The minimum atomic E-state index is -0.968. The molecule has 0 saturated heterocycles. The molecule has 0 radical (unpaired) electrons. The molecular weight excluding hydrogens is 276 g/mol. The molecule has 0 aliphatic rings. The molecule has 0 atom stereocenters. The fourth-order valence-corrected chi connectivity index (χ4v) is 2.51. The van der Waals surface area contributed by atoms with Gasteiger partial charge >= 0.3 is 5.97 Å². The molecule has 0 fully saturated rings. The van der Waals surface area contributed by atoms with Crippen molar-refractivity contribution in [2.45, 2.75) is 33.1 Å². The first-order valence-corrected chi connectivity index (χ1v) is 7.48. The Morgan fingerprint density at radius 2 is 1.73 bits per heavy atom. The molecule has 0 heterocycles. The summed E-state index contributed by atoms with van der Waals surface area (Å²) in [6.45, 7) is 6.25. The van der Waals surface area contributed by atoms with E-state index in [2.05, 4.69) is 39.0 Å². The molecule has 0 aliphatic carbocycles. The molecule has 0 aromatic heterocycles. The van der Waals surface area contributed by atoms with Gasteiger partial charge in [0.1, 0.15) is 5.75 Å². The highest BCUT2D eigenvalue weighted by atomic mass is 16.5. The summed E-state index contributed by atoms with van der Waals surface area (Å²) in [4.78, 5) is 10.5. The van der Waals surface area contributed by atoms with E-state index in [4.69, 9.17) is 9.84 Å². The summed E-state index contributed by atoms with van der Waals surface area (Å²) >= 11 is 0. The Morgan fingerprint density at radius 1 is 1.09 bits per heavy atom. The summed E-state index contributed by atoms with van der Waals surface area (Å²) in [7, 11) is 0. The second kappa shape index (κ2) is 7.12. The quantitative estimate of drug-likeness (QED) is 0.870. The largest absolute Gasteiger partial charge is 0.482 e. The van der Waals surface area contributed by atoms with E-state index in [0.717, 1.165) is 6.42 Å². The van der Waals surface area contributed by atoms with Gasteiger partial charge in [0.15, 0.2) is 6.61 Å². The highest BCUT2D eigenvalue weighted by Crippen LogP contribution is 2.22. The van der Waals surface area contributed by atoms with Gasteiger partial charge in [0.05, 0.1) is 0 Å². The van der Waals surface area contributed by atoms with E-state index in [1.165, 1.54) is 22.3 Å². The molecule has 1 N–H and O–H groups in total. The maximum atomic E-state index is 10.5. The van der Waals surface area contributed by atoms with Crippen molar-refractivity contribution in [3.63, 3.8) is 0 Å². The second-order valence-electron chi connectivity index (χ2n) is 5.85. The standard InChI is InChI=1S/C19H22O3/c1-13(2)18-11-16(5-4-14(18)3)10-15-6-8-17(9-7-15)22-12-19(20)21/h4-9,11,13H,10,12H2,1-3H3,(H,20,21). The number of hydrogen-bond acceptors (Lipinski definition) is 2. The molecule has 116 valence electrons. The Hall–Kier alpha value is -2.29. The molecule has 2 aromatic rings. The van der Waals surface area contributed by atoms with Crippen molar-refractivity contribution in [3.05, 3.63) is 64.7 Å². The molecular formula is C19H22O3. The van der Waals surface area contributed by atoms with Crippen LogP contribution in [0.15, 0.2) is 42.5 Å². The average molecular weight is 298 g/mol. The lowest BCUT2D eigenvalue weighted by Gasteiger charge is -2.12. The van der Waals surface area contributed by atoms with Gasteiger partial charge in [-0.2, -0.15) is 0 Å². The maximum Gasteiger partial charge on any atom is 0.341 e. The van der Waals surface area contributed by atoms with Crippen LogP contribution in [0.3, 0.4) is 0 Å². The number of carboxylic acid groups (broad SMARTS) is 1. The number of hydrogen-bond donors (Lipinski definition) is 1. The molecule has 0 unspecified atom stereocenters. The summed E-state index contributed by atoms with van der Waals surface area (Å²) in [6.07, 6.45) is 0.860. The monoisotopic (exact) mass is 298 g/mol. The fraction of sp³-hybridized carbons (Fsp3) is 0.316. The number of rotatable bonds is 6. The molecule has 22 heavy (non-hydrogen) atoms. The van der Waals surface area contributed by atoms with Crippen molar-refractivity contribution in [3.8, 4) is 5.75 Å². The SMILES string of the molecule is Cc1ccc(Cc2ccc(OCC(=O)O)cc2)cc1C(C)C. The van der Waals surface area contributed by atoms with Gasteiger partial charge in [-0.15, -0.1) is 0 Å². The lowest BCUT2D eigenvalue weighted by molar-refractivity contribution is -0.139. The van der Waals surface area contributed by atoms with Crippen molar-refractivity contribution < 1.29 is 14.6 Å². The zero-order valence-electron chi connectivity index (χ0n) is 13.3. The molecule has 3 heteroatoms. The predicted octanol–water partition coefficient (Wildman–Crippen LogP) is 4.17. The van der Waals surface area contributed by atoms with Crippen molar-refractivity contribution >= 4 is 5.97 Å². The van der Waals surface area contributed by atoms with Crippen LogP contribution in [0.25, 0.3) is 0 Å². The van der Waals surface area contributed by atoms with Gasteiger partial charge in [-0.3, -0.25) is 0 Å².